The number of benzene rings is 1. The van der Waals surface area contributed by atoms with E-state index in [0.717, 1.165) is 5.69 Å². The molecule has 4 heterocycles. The first-order valence-electron chi connectivity index (χ1n) is 11.5. The van der Waals surface area contributed by atoms with Crippen molar-refractivity contribution in [3.63, 3.8) is 0 Å². The molecule has 1 aromatic carbocycles. The molecule has 0 aliphatic carbocycles. The summed E-state index contributed by atoms with van der Waals surface area (Å²) >= 11 is 0. The summed E-state index contributed by atoms with van der Waals surface area (Å²) in [6.45, 7) is 5.46. The molecule has 4 aromatic heterocycles. The van der Waals surface area contributed by atoms with Gasteiger partial charge >= 0.3 is 0 Å². The zero-order valence-corrected chi connectivity index (χ0v) is 20.4. The van der Waals surface area contributed by atoms with E-state index >= 15 is 0 Å². The Balaban J connectivity index is 1.62. The summed E-state index contributed by atoms with van der Waals surface area (Å²) in [6, 6.07) is 15.0. The molecule has 3 N–H and O–H groups in total. The monoisotopic (exact) mass is 497 g/mol. The predicted octanol–water partition coefficient (Wildman–Crippen LogP) is 3.79. The maximum absolute atomic E-state index is 14.2. The molecule has 5 aromatic rings. The fourth-order valence-corrected chi connectivity index (χ4v) is 4.08. The van der Waals surface area contributed by atoms with E-state index in [4.69, 9.17) is 10.7 Å². The second kappa shape index (κ2) is 8.98. The lowest BCUT2D eigenvalue weighted by Gasteiger charge is -2.24. The van der Waals surface area contributed by atoms with Gasteiger partial charge in [-0.3, -0.25) is 18.6 Å². The van der Waals surface area contributed by atoms with Gasteiger partial charge in [-0.05, 0) is 57.2 Å². The Morgan fingerprint density at radius 1 is 1.00 bits per heavy atom. The lowest BCUT2D eigenvalue weighted by atomic mass is 10.0. The van der Waals surface area contributed by atoms with E-state index in [-0.39, 0.29) is 11.3 Å². The van der Waals surface area contributed by atoms with E-state index < -0.39 is 23.2 Å². The number of carbonyl (C=O) groups is 2. The molecule has 2 amide bonds. The topological polar surface area (TPSA) is 120 Å². The van der Waals surface area contributed by atoms with Crippen LogP contribution in [0.25, 0.3) is 22.9 Å². The highest BCUT2D eigenvalue weighted by atomic mass is 19.1. The van der Waals surface area contributed by atoms with Gasteiger partial charge in [0.15, 0.2) is 5.82 Å². The first-order chi connectivity index (χ1) is 17.6. The Morgan fingerprint density at radius 3 is 2.51 bits per heavy atom. The molecule has 0 spiro atoms. The van der Waals surface area contributed by atoms with Crippen molar-refractivity contribution in [3.8, 4) is 17.2 Å². The average molecular weight is 498 g/mol. The molecule has 186 valence electrons. The molecule has 0 fully saturated rings. The third-order valence-electron chi connectivity index (χ3n) is 6.03. The van der Waals surface area contributed by atoms with Crippen molar-refractivity contribution in [3.05, 3.63) is 102 Å². The molecule has 5 rings (SSSR count). The molecule has 0 bridgehead atoms. The van der Waals surface area contributed by atoms with Gasteiger partial charge in [-0.1, -0.05) is 18.2 Å². The van der Waals surface area contributed by atoms with E-state index in [1.807, 2.05) is 35.8 Å². The first-order valence-corrected chi connectivity index (χ1v) is 11.5. The number of imidazole rings is 2. The Labute approximate surface area is 211 Å². The van der Waals surface area contributed by atoms with Gasteiger partial charge in [0.1, 0.15) is 22.9 Å². The van der Waals surface area contributed by atoms with Gasteiger partial charge in [0.2, 0.25) is 0 Å². The SMILES string of the molecule is Cc1cccc(-c2nc(C(C)(C)NC(=O)c3ccccc3F)cn2-c2ccc3ncc(C(N)=O)n3c2)n1. The van der Waals surface area contributed by atoms with Crippen molar-refractivity contribution in [2.75, 3.05) is 0 Å². The average Bonchev–Trinajstić information content (AvgIpc) is 3.49. The van der Waals surface area contributed by atoms with Crippen molar-refractivity contribution in [1.29, 1.82) is 0 Å². The van der Waals surface area contributed by atoms with Crippen LogP contribution in [0, 0.1) is 12.7 Å². The van der Waals surface area contributed by atoms with E-state index in [1.165, 1.54) is 24.4 Å². The van der Waals surface area contributed by atoms with Gasteiger partial charge in [-0.15, -0.1) is 0 Å². The van der Waals surface area contributed by atoms with Crippen LogP contribution in [-0.2, 0) is 5.54 Å². The molecule has 0 saturated heterocycles. The number of primary amides is 1. The standard InChI is InChI=1S/C27H24FN7O2/c1-16-7-6-10-20(31-16)25-32-22(27(2,3)33-26(37)18-8-4-5-9-19(18)28)15-34(25)17-11-12-23-30-13-21(24(29)36)35(23)14-17/h4-15H,1-3H3,(H2,29,36)(H,33,37). The van der Waals surface area contributed by atoms with Crippen LogP contribution >= 0.6 is 0 Å². The first kappa shape index (κ1) is 23.9. The third kappa shape index (κ3) is 4.44. The fourth-order valence-electron chi connectivity index (χ4n) is 4.08. The summed E-state index contributed by atoms with van der Waals surface area (Å²) in [5.74, 6) is -1.25. The van der Waals surface area contributed by atoms with Crippen molar-refractivity contribution in [2.45, 2.75) is 26.3 Å². The van der Waals surface area contributed by atoms with Gasteiger partial charge in [-0.2, -0.15) is 0 Å². The van der Waals surface area contributed by atoms with Crippen molar-refractivity contribution in [2.24, 2.45) is 5.73 Å². The number of aromatic nitrogens is 5. The second-order valence-electron chi connectivity index (χ2n) is 9.17. The number of hydrogen-bond donors (Lipinski definition) is 2. The minimum absolute atomic E-state index is 0.0554. The number of carbonyl (C=O) groups excluding carboxylic acids is 2. The number of amides is 2. The van der Waals surface area contributed by atoms with Gasteiger partial charge in [0, 0.05) is 18.1 Å². The minimum Gasteiger partial charge on any atom is -0.364 e. The molecule has 10 heteroatoms. The quantitative estimate of drug-likeness (QED) is 0.370. The highest BCUT2D eigenvalue weighted by Gasteiger charge is 2.29. The van der Waals surface area contributed by atoms with Crippen molar-refractivity contribution >= 4 is 17.5 Å². The molecular weight excluding hydrogens is 473 g/mol. The summed E-state index contributed by atoms with van der Waals surface area (Å²) in [6.07, 6.45) is 4.94. The molecule has 37 heavy (non-hydrogen) atoms. The summed E-state index contributed by atoms with van der Waals surface area (Å²) in [7, 11) is 0. The number of nitrogens with one attached hydrogen (secondary N) is 1. The van der Waals surface area contributed by atoms with Crippen LogP contribution in [0.1, 0.15) is 46.1 Å². The van der Waals surface area contributed by atoms with Crippen molar-refractivity contribution < 1.29 is 14.0 Å². The molecular formula is C27H24FN7O2. The Hall–Kier alpha value is -4.86. The highest BCUT2D eigenvalue weighted by Crippen LogP contribution is 2.28. The maximum Gasteiger partial charge on any atom is 0.267 e. The normalized spacial score (nSPS) is 11.6. The molecule has 0 aliphatic rings. The molecule has 0 unspecified atom stereocenters. The van der Waals surface area contributed by atoms with Crippen LogP contribution in [0.15, 0.2) is 73.2 Å². The fraction of sp³-hybridized carbons (Fsp3) is 0.148. The van der Waals surface area contributed by atoms with Crippen LogP contribution in [0.4, 0.5) is 4.39 Å². The molecule has 0 aliphatic heterocycles. The number of rotatable bonds is 6. The van der Waals surface area contributed by atoms with E-state index in [0.29, 0.717) is 28.5 Å². The maximum atomic E-state index is 14.2. The van der Waals surface area contributed by atoms with E-state index in [2.05, 4.69) is 15.3 Å². The summed E-state index contributed by atoms with van der Waals surface area (Å²) in [4.78, 5) is 38.5. The van der Waals surface area contributed by atoms with Gasteiger partial charge in [0.05, 0.1) is 28.7 Å². The number of pyridine rings is 2. The lowest BCUT2D eigenvalue weighted by Crippen LogP contribution is -2.41. The number of halogens is 1. The zero-order valence-electron chi connectivity index (χ0n) is 20.4. The van der Waals surface area contributed by atoms with Crippen molar-refractivity contribution in [1.82, 2.24) is 29.2 Å². The minimum atomic E-state index is -0.972. The van der Waals surface area contributed by atoms with Crippen LogP contribution in [-0.4, -0.2) is 35.7 Å². The smallest absolute Gasteiger partial charge is 0.267 e. The summed E-state index contributed by atoms with van der Waals surface area (Å²) < 4.78 is 17.7. The number of aryl methyl sites for hydroxylation is 1. The predicted molar refractivity (Wildman–Crippen MR) is 136 cm³/mol. The lowest BCUT2D eigenvalue weighted by molar-refractivity contribution is 0.0905. The van der Waals surface area contributed by atoms with Gasteiger partial charge in [-0.25, -0.2) is 19.3 Å². The summed E-state index contributed by atoms with van der Waals surface area (Å²) in [5, 5.41) is 2.88. The van der Waals surface area contributed by atoms with Gasteiger partial charge < -0.3 is 11.1 Å². The van der Waals surface area contributed by atoms with Crippen LogP contribution in [0.5, 0.6) is 0 Å². The number of nitrogens with two attached hydrogens (primary N) is 1. The largest absolute Gasteiger partial charge is 0.364 e. The van der Waals surface area contributed by atoms with Crippen LogP contribution in [0.3, 0.4) is 0 Å². The number of nitrogens with zero attached hydrogens (tertiary/aromatic N) is 5. The van der Waals surface area contributed by atoms with E-state index in [9.17, 15) is 14.0 Å². The zero-order chi connectivity index (χ0) is 26.3. The second-order valence-corrected chi connectivity index (χ2v) is 9.17. The third-order valence-corrected chi connectivity index (χ3v) is 6.03. The Kier molecular flexibility index (Phi) is 5.79. The number of fused-ring (bicyclic) bond motifs is 1. The van der Waals surface area contributed by atoms with E-state index in [1.54, 1.807) is 42.8 Å². The van der Waals surface area contributed by atoms with Crippen LogP contribution < -0.4 is 11.1 Å². The molecule has 0 atom stereocenters. The molecule has 0 saturated carbocycles. The van der Waals surface area contributed by atoms with Gasteiger partial charge in [0.25, 0.3) is 11.8 Å². The van der Waals surface area contributed by atoms with Crippen LogP contribution in [0.2, 0.25) is 0 Å². The Bertz CT molecular complexity index is 1670. The number of hydrogen-bond acceptors (Lipinski definition) is 5. The molecule has 9 nitrogen and oxygen atoms in total. The summed E-state index contributed by atoms with van der Waals surface area (Å²) in [5.41, 5.74) is 7.91. The molecule has 0 radical (unpaired) electrons. The Morgan fingerprint density at radius 2 is 1.78 bits per heavy atom. The highest BCUT2D eigenvalue weighted by molar-refractivity contribution is 5.95.